The number of ether oxygens (including phenoxy) is 1. The van der Waals surface area contributed by atoms with Gasteiger partial charge in [0.25, 0.3) is 5.91 Å². The topological polar surface area (TPSA) is 121 Å². The van der Waals surface area contributed by atoms with Gasteiger partial charge in [0.2, 0.25) is 11.8 Å². The van der Waals surface area contributed by atoms with E-state index < -0.39 is 35.1 Å². The number of likely N-dealkylation sites (tertiary alicyclic amines) is 1. The lowest BCUT2D eigenvalue weighted by Gasteiger charge is -2.39. The first-order valence-electron chi connectivity index (χ1n) is 14.1. The van der Waals surface area contributed by atoms with Gasteiger partial charge in [0.05, 0.1) is 35.6 Å². The van der Waals surface area contributed by atoms with Crippen LogP contribution in [0.15, 0.2) is 48.6 Å². The van der Waals surface area contributed by atoms with Crippen molar-refractivity contribution < 1.29 is 24.2 Å². The summed E-state index contributed by atoms with van der Waals surface area (Å²) in [6.45, 7) is 6.84. The molecule has 1 unspecified atom stereocenters. The van der Waals surface area contributed by atoms with Gasteiger partial charge in [0.15, 0.2) is 0 Å². The largest absolute Gasteiger partial charge is 0.394 e. The Morgan fingerprint density at radius 3 is 2.52 bits per heavy atom. The lowest BCUT2D eigenvalue weighted by Crippen LogP contribution is -2.58. The van der Waals surface area contributed by atoms with Gasteiger partial charge in [-0.1, -0.05) is 55.5 Å². The quantitative estimate of drug-likeness (QED) is 0.519. The minimum atomic E-state index is -1.36. The van der Waals surface area contributed by atoms with E-state index in [1.165, 1.54) is 4.90 Å². The van der Waals surface area contributed by atoms with E-state index in [9.17, 15) is 19.5 Å². The van der Waals surface area contributed by atoms with Crippen molar-refractivity contribution in [3.63, 3.8) is 0 Å². The van der Waals surface area contributed by atoms with Gasteiger partial charge in [0, 0.05) is 19.6 Å². The van der Waals surface area contributed by atoms with Crippen molar-refractivity contribution in [2.24, 2.45) is 11.8 Å². The maximum Gasteiger partial charge on any atom is 0.250 e. The summed E-state index contributed by atoms with van der Waals surface area (Å²) in [4.78, 5) is 47.8. The Kier molecular flexibility index (Phi) is 6.53. The molecule has 4 aliphatic rings. The second-order valence-electron chi connectivity index (χ2n) is 11.4. The second kappa shape index (κ2) is 9.81. The molecule has 2 aromatic rings. The number of aromatic nitrogens is 3. The first kappa shape index (κ1) is 26.6. The second-order valence-corrected chi connectivity index (χ2v) is 11.4. The molecule has 3 amide bonds. The summed E-state index contributed by atoms with van der Waals surface area (Å²) in [6.07, 6.45) is 8.73. The molecule has 0 aliphatic carbocycles. The smallest absolute Gasteiger partial charge is 0.250 e. The number of hydrogen-bond donors (Lipinski definition) is 1. The Bertz CT molecular complexity index is 1400. The van der Waals surface area contributed by atoms with Crippen LogP contribution in [0.5, 0.6) is 0 Å². The molecule has 0 radical (unpaired) electrons. The van der Waals surface area contributed by atoms with Crippen molar-refractivity contribution in [1.29, 1.82) is 0 Å². The van der Waals surface area contributed by atoms with Gasteiger partial charge >= 0.3 is 0 Å². The number of nitrogens with zero attached hydrogens (tertiary/aromatic N) is 6. The van der Waals surface area contributed by atoms with Crippen LogP contribution in [0, 0.1) is 11.8 Å². The molecule has 40 heavy (non-hydrogen) atoms. The predicted octanol–water partition coefficient (Wildman–Crippen LogP) is 1.34. The number of rotatable bonds is 7. The lowest BCUT2D eigenvalue weighted by molar-refractivity contribution is -0.156. The normalized spacial score (nSPS) is 32.4. The van der Waals surface area contributed by atoms with Gasteiger partial charge in [-0.15, -0.1) is 5.10 Å². The van der Waals surface area contributed by atoms with E-state index in [4.69, 9.17) is 4.74 Å². The van der Waals surface area contributed by atoms with Gasteiger partial charge in [-0.2, -0.15) is 0 Å². The van der Waals surface area contributed by atoms with Crippen molar-refractivity contribution in [2.75, 3.05) is 26.2 Å². The SMILES string of the molecule is CCCN1CC=C[C@]2(C)O[C@]34C=CCN(Cn5nnc6ccccc65)C(=O)C3N([C@@H](CC)CO)C(=O)[C@@H]4[C@@H]2C1=O. The Hall–Kier alpha value is -3.57. The zero-order chi connectivity index (χ0) is 28.2. The van der Waals surface area contributed by atoms with Gasteiger partial charge < -0.3 is 24.5 Å². The fourth-order valence-electron chi connectivity index (χ4n) is 7.15. The third kappa shape index (κ3) is 3.74. The zero-order valence-corrected chi connectivity index (χ0v) is 23.1. The molecule has 11 nitrogen and oxygen atoms in total. The molecule has 0 saturated carbocycles. The van der Waals surface area contributed by atoms with E-state index in [0.29, 0.717) is 19.5 Å². The zero-order valence-electron chi connectivity index (χ0n) is 23.1. The van der Waals surface area contributed by atoms with E-state index in [2.05, 4.69) is 10.3 Å². The van der Waals surface area contributed by atoms with Crippen LogP contribution in [0.25, 0.3) is 11.0 Å². The van der Waals surface area contributed by atoms with Crippen LogP contribution in [0.2, 0.25) is 0 Å². The summed E-state index contributed by atoms with van der Waals surface area (Å²) in [5.41, 5.74) is -0.914. The molecule has 2 saturated heterocycles. The van der Waals surface area contributed by atoms with E-state index >= 15 is 0 Å². The first-order chi connectivity index (χ1) is 19.3. The summed E-state index contributed by atoms with van der Waals surface area (Å²) in [5, 5.41) is 18.8. The summed E-state index contributed by atoms with van der Waals surface area (Å²) < 4.78 is 8.51. The Morgan fingerprint density at radius 2 is 1.77 bits per heavy atom. The van der Waals surface area contributed by atoms with Gasteiger partial charge in [0.1, 0.15) is 23.8 Å². The maximum absolute atomic E-state index is 14.5. The molecule has 1 aromatic carbocycles. The molecular formula is C29H36N6O5. The van der Waals surface area contributed by atoms with E-state index in [1.54, 1.807) is 14.5 Å². The van der Waals surface area contributed by atoms with Crippen LogP contribution >= 0.6 is 0 Å². The number of hydrogen-bond acceptors (Lipinski definition) is 7. The van der Waals surface area contributed by atoms with E-state index in [1.807, 2.05) is 69.3 Å². The number of benzene rings is 1. The monoisotopic (exact) mass is 548 g/mol. The highest BCUT2D eigenvalue weighted by molar-refractivity contribution is 6.00. The highest BCUT2D eigenvalue weighted by atomic mass is 16.5. The molecule has 1 spiro atoms. The molecule has 5 heterocycles. The summed E-state index contributed by atoms with van der Waals surface area (Å²) in [7, 11) is 0. The summed E-state index contributed by atoms with van der Waals surface area (Å²) in [5.74, 6) is -2.47. The number of fused-ring (bicyclic) bond motifs is 3. The molecule has 2 fully saturated rings. The number of para-hydroxylation sites is 1. The molecule has 6 atom stereocenters. The summed E-state index contributed by atoms with van der Waals surface area (Å²) in [6, 6.07) is 5.88. The van der Waals surface area contributed by atoms with Crippen molar-refractivity contribution in [3.05, 3.63) is 48.6 Å². The number of amides is 3. The minimum absolute atomic E-state index is 0.128. The van der Waals surface area contributed by atoms with Crippen LogP contribution in [-0.4, -0.2) is 102 Å². The van der Waals surface area contributed by atoms with Gasteiger partial charge in [-0.3, -0.25) is 14.4 Å². The highest BCUT2D eigenvalue weighted by Crippen LogP contribution is 2.58. The maximum atomic E-state index is 14.5. The lowest BCUT2D eigenvalue weighted by atomic mass is 9.74. The first-order valence-corrected chi connectivity index (χ1v) is 14.1. The Balaban J connectivity index is 1.44. The van der Waals surface area contributed by atoms with Crippen LogP contribution in [0.1, 0.15) is 33.6 Å². The molecular weight excluding hydrogens is 512 g/mol. The van der Waals surface area contributed by atoms with Gasteiger partial charge in [-0.05, 0) is 31.9 Å². The third-order valence-corrected chi connectivity index (χ3v) is 8.96. The van der Waals surface area contributed by atoms with Crippen molar-refractivity contribution >= 4 is 28.8 Å². The standard InChI is InChI=1S/C29H36N6O5/c1-4-14-32-15-8-12-28(3)22(25(32)37)23-26(38)35(19(5-2)17-36)24-27(39)33(16-9-13-29(23,24)40-28)18-34-21-11-7-6-10-20(21)30-31-34/h6-13,19,22-24,36H,4-5,14-18H2,1-3H3/t19-,22+,23-,24?,28-,29-/m0/s1. The minimum Gasteiger partial charge on any atom is -0.394 e. The molecule has 1 aromatic heterocycles. The van der Waals surface area contributed by atoms with E-state index in [-0.39, 0.29) is 37.5 Å². The summed E-state index contributed by atoms with van der Waals surface area (Å²) >= 11 is 0. The predicted molar refractivity (Wildman–Crippen MR) is 145 cm³/mol. The number of carbonyl (C=O) groups excluding carboxylic acids is 3. The van der Waals surface area contributed by atoms with Crippen LogP contribution < -0.4 is 0 Å². The van der Waals surface area contributed by atoms with Gasteiger partial charge in [-0.25, -0.2) is 4.68 Å². The number of aliphatic hydroxyl groups is 1. The average Bonchev–Trinajstić information content (AvgIpc) is 3.48. The molecule has 11 heteroatoms. The van der Waals surface area contributed by atoms with Crippen molar-refractivity contribution in [1.82, 2.24) is 29.7 Å². The fraction of sp³-hybridized carbons (Fsp3) is 0.552. The third-order valence-electron chi connectivity index (χ3n) is 8.96. The number of aliphatic hydroxyl groups excluding tert-OH is 1. The molecule has 212 valence electrons. The van der Waals surface area contributed by atoms with Crippen LogP contribution in [0.4, 0.5) is 0 Å². The van der Waals surface area contributed by atoms with Crippen LogP contribution in [-0.2, 0) is 25.8 Å². The van der Waals surface area contributed by atoms with Crippen molar-refractivity contribution in [2.45, 2.75) is 63.6 Å². The molecule has 4 aliphatic heterocycles. The molecule has 0 bridgehead atoms. The average molecular weight is 549 g/mol. The highest BCUT2D eigenvalue weighted by Gasteiger charge is 2.75. The number of carbonyl (C=O) groups is 3. The molecule has 6 rings (SSSR count). The van der Waals surface area contributed by atoms with Crippen LogP contribution in [0.3, 0.4) is 0 Å². The molecule has 1 N–H and O–H groups in total. The Morgan fingerprint density at radius 1 is 1.02 bits per heavy atom. The van der Waals surface area contributed by atoms with Crippen molar-refractivity contribution in [3.8, 4) is 0 Å². The fourth-order valence-corrected chi connectivity index (χ4v) is 7.15. The van der Waals surface area contributed by atoms with E-state index in [0.717, 1.165) is 17.5 Å². The Labute approximate surface area is 233 Å².